The molecule has 0 fully saturated rings. The Morgan fingerprint density at radius 3 is 2.48 bits per heavy atom. The second-order valence-electron chi connectivity index (χ2n) is 5.75. The molecule has 132 valence electrons. The molecule has 2 rings (SSSR count). The number of carbonyl (C=O) groups is 1. The summed E-state index contributed by atoms with van der Waals surface area (Å²) in [6, 6.07) is 17.7. The summed E-state index contributed by atoms with van der Waals surface area (Å²) in [5, 5.41) is 11.5. The Hall–Kier alpha value is -2.59. The number of carbonyl (C=O) groups excluding carboxylic acids is 1. The van der Waals surface area contributed by atoms with Gasteiger partial charge in [0.05, 0.1) is 0 Å². The molecule has 1 amide bonds. The van der Waals surface area contributed by atoms with Gasteiger partial charge >= 0.3 is 0 Å². The number of unbranched alkanes of at least 4 members (excludes halogenated alkanes) is 2. The fourth-order valence-electron chi connectivity index (χ4n) is 2.27. The first-order valence-electron chi connectivity index (χ1n) is 8.61. The average Bonchev–Trinajstić information content (AvgIpc) is 2.66. The largest absolute Gasteiger partial charge is 0.489 e. The van der Waals surface area contributed by atoms with Gasteiger partial charge in [-0.1, -0.05) is 42.5 Å². The van der Waals surface area contributed by atoms with E-state index in [-0.39, 0.29) is 12.5 Å². The minimum absolute atomic E-state index is 0.103. The molecule has 0 radical (unpaired) electrons. The van der Waals surface area contributed by atoms with Crippen molar-refractivity contribution in [2.45, 2.75) is 25.9 Å². The quantitative estimate of drug-likeness (QED) is 0.514. The van der Waals surface area contributed by atoms with Gasteiger partial charge in [-0.05, 0) is 48.6 Å². The summed E-state index contributed by atoms with van der Waals surface area (Å²) in [5.74, 6) is 0.697. The molecule has 2 aromatic rings. The molecular formula is C21H25NO3. The van der Waals surface area contributed by atoms with Crippen LogP contribution in [0.15, 0.2) is 60.7 Å². The molecule has 0 saturated heterocycles. The van der Waals surface area contributed by atoms with E-state index in [1.165, 1.54) is 6.08 Å². The van der Waals surface area contributed by atoms with E-state index in [4.69, 9.17) is 9.84 Å². The van der Waals surface area contributed by atoms with Gasteiger partial charge in [-0.15, -0.1) is 0 Å². The Balaban J connectivity index is 1.72. The van der Waals surface area contributed by atoms with Gasteiger partial charge in [-0.2, -0.15) is 0 Å². The summed E-state index contributed by atoms with van der Waals surface area (Å²) < 4.78 is 5.74. The number of aliphatic hydroxyl groups excluding tert-OH is 1. The molecule has 0 heterocycles. The number of hydrogen-bond donors (Lipinski definition) is 2. The Morgan fingerprint density at radius 2 is 1.76 bits per heavy atom. The molecule has 0 aliphatic heterocycles. The van der Waals surface area contributed by atoms with Crippen LogP contribution in [-0.2, 0) is 11.4 Å². The van der Waals surface area contributed by atoms with Crippen molar-refractivity contribution in [3.05, 3.63) is 71.8 Å². The molecule has 0 aliphatic carbocycles. The molecule has 0 unspecified atom stereocenters. The molecule has 4 heteroatoms. The Kier molecular flexibility index (Phi) is 8.29. The molecular weight excluding hydrogens is 314 g/mol. The van der Waals surface area contributed by atoms with Crippen molar-refractivity contribution >= 4 is 12.0 Å². The second kappa shape index (κ2) is 11.0. The van der Waals surface area contributed by atoms with Crippen molar-refractivity contribution in [3.8, 4) is 5.75 Å². The lowest BCUT2D eigenvalue weighted by atomic mass is 10.2. The Labute approximate surface area is 149 Å². The van der Waals surface area contributed by atoms with E-state index in [9.17, 15) is 4.79 Å². The summed E-state index contributed by atoms with van der Waals surface area (Å²) in [5.41, 5.74) is 2.07. The van der Waals surface area contributed by atoms with Gasteiger partial charge in [-0.25, -0.2) is 0 Å². The highest BCUT2D eigenvalue weighted by Gasteiger charge is 1.97. The third-order valence-corrected chi connectivity index (χ3v) is 3.69. The van der Waals surface area contributed by atoms with E-state index < -0.39 is 0 Å². The molecule has 0 atom stereocenters. The van der Waals surface area contributed by atoms with Crippen LogP contribution < -0.4 is 10.1 Å². The van der Waals surface area contributed by atoms with Gasteiger partial charge < -0.3 is 15.2 Å². The zero-order chi connectivity index (χ0) is 17.7. The first-order chi connectivity index (χ1) is 12.3. The Bertz CT molecular complexity index is 651. The van der Waals surface area contributed by atoms with Gasteiger partial charge in [0, 0.05) is 19.2 Å². The van der Waals surface area contributed by atoms with Crippen molar-refractivity contribution in [1.82, 2.24) is 5.32 Å². The number of hydrogen-bond acceptors (Lipinski definition) is 3. The highest BCUT2D eigenvalue weighted by Crippen LogP contribution is 2.15. The number of aliphatic hydroxyl groups is 1. The highest BCUT2D eigenvalue weighted by molar-refractivity contribution is 5.91. The Morgan fingerprint density at radius 1 is 1.00 bits per heavy atom. The standard InChI is InChI=1S/C21H25NO3/c23-16-6-2-5-15-22-21(24)14-11-18-9-12-20(13-10-18)25-17-19-7-3-1-4-8-19/h1,3-4,7-14,23H,2,5-6,15-17H2,(H,22,24)/b14-11+. The molecule has 0 spiro atoms. The average molecular weight is 339 g/mol. The first-order valence-corrected chi connectivity index (χ1v) is 8.61. The van der Waals surface area contributed by atoms with Crippen molar-refractivity contribution in [3.63, 3.8) is 0 Å². The highest BCUT2D eigenvalue weighted by atomic mass is 16.5. The van der Waals surface area contributed by atoms with Crippen LogP contribution in [0.4, 0.5) is 0 Å². The van der Waals surface area contributed by atoms with Crippen LogP contribution in [0.25, 0.3) is 6.08 Å². The fraction of sp³-hybridized carbons (Fsp3) is 0.286. The van der Waals surface area contributed by atoms with E-state index >= 15 is 0 Å². The van der Waals surface area contributed by atoms with E-state index in [1.54, 1.807) is 6.08 Å². The first kappa shape index (κ1) is 18.7. The van der Waals surface area contributed by atoms with Crippen molar-refractivity contribution < 1.29 is 14.6 Å². The zero-order valence-electron chi connectivity index (χ0n) is 14.4. The van der Waals surface area contributed by atoms with E-state index in [1.807, 2.05) is 54.6 Å². The number of rotatable bonds is 10. The fourth-order valence-corrected chi connectivity index (χ4v) is 2.27. The SMILES string of the molecule is O=C(/C=C/c1ccc(OCc2ccccc2)cc1)NCCCCCO. The summed E-state index contributed by atoms with van der Waals surface area (Å²) in [6.07, 6.45) is 5.90. The van der Waals surface area contributed by atoms with Crippen LogP contribution in [0.3, 0.4) is 0 Å². The normalized spacial score (nSPS) is 10.8. The van der Waals surface area contributed by atoms with E-state index in [0.29, 0.717) is 13.2 Å². The summed E-state index contributed by atoms with van der Waals surface area (Å²) >= 11 is 0. The molecule has 0 saturated carbocycles. The number of benzene rings is 2. The second-order valence-corrected chi connectivity index (χ2v) is 5.75. The van der Waals surface area contributed by atoms with Crippen molar-refractivity contribution in [1.29, 1.82) is 0 Å². The predicted molar refractivity (Wildman–Crippen MR) is 100 cm³/mol. The summed E-state index contributed by atoms with van der Waals surface area (Å²) in [6.45, 7) is 1.38. The lowest BCUT2D eigenvalue weighted by molar-refractivity contribution is -0.116. The number of ether oxygens (including phenoxy) is 1. The maximum atomic E-state index is 11.7. The maximum Gasteiger partial charge on any atom is 0.243 e. The van der Waals surface area contributed by atoms with Gasteiger partial charge in [0.25, 0.3) is 0 Å². The molecule has 4 nitrogen and oxygen atoms in total. The minimum atomic E-state index is -0.103. The molecule has 2 aromatic carbocycles. The lowest BCUT2D eigenvalue weighted by Crippen LogP contribution is -2.22. The van der Waals surface area contributed by atoms with Gasteiger partial charge in [0.2, 0.25) is 5.91 Å². The van der Waals surface area contributed by atoms with Crippen molar-refractivity contribution in [2.75, 3.05) is 13.2 Å². The third kappa shape index (κ3) is 7.68. The third-order valence-electron chi connectivity index (χ3n) is 3.69. The molecule has 2 N–H and O–H groups in total. The lowest BCUT2D eigenvalue weighted by Gasteiger charge is -2.06. The van der Waals surface area contributed by atoms with Gasteiger partial charge in [0.1, 0.15) is 12.4 Å². The van der Waals surface area contributed by atoms with Crippen LogP contribution in [0.1, 0.15) is 30.4 Å². The summed E-state index contributed by atoms with van der Waals surface area (Å²) in [7, 11) is 0. The van der Waals surface area contributed by atoms with Crippen LogP contribution in [-0.4, -0.2) is 24.2 Å². The number of nitrogens with one attached hydrogen (secondary N) is 1. The smallest absolute Gasteiger partial charge is 0.243 e. The monoisotopic (exact) mass is 339 g/mol. The molecule has 25 heavy (non-hydrogen) atoms. The summed E-state index contributed by atoms with van der Waals surface area (Å²) in [4.78, 5) is 11.7. The zero-order valence-corrected chi connectivity index (χ0v) is 14.4. The predicted octanol–water partition coefficient (Wildman–Crippen LogP) is 3.56. The topological polar surface area (TPSA) is 58.6 Å². The minimum Gasteiger partial charge on any atom is -0.489 e. The van der Waals surface area contributed by atoms with Gasteiger partial charge in [-0.3, -0.25) is 4.79 Å². The van der Waals surface area contributed by atoms with Crippen molar-refractivity contribution in [2.24, 2.45) is 0 Å². The van der Waals surface area contributed by atoms with Crippen LogP contribution in [0, 0.1) is 0 Å². The molecule has 0 aromatic heterocycles. The molecule has 0 aliphatic rings. The number of amides is 1. The van der Waals surface area contributed by atoms with E-state index in [2.05, 4.69) is 5.32 Å². The van der Waals surface area contributed by atoms with E-state index in [0.717, 1.165) is 36.1 Å². The van der Waals surface area contributed by atoms with Crippen LogP contribution in [0.5, 0.6) is 5.75 Å². The van der Waals surface area contributed by atoms with Gasteiger partial charge in [0.15, 0.2) is 0 Å². The van der Waals surface area contributed by atoms with Crippen LogP contribution in [0.2, 0.25) is 0 Å². The molecule has 0 bridgehead atoms. The van der Waals surface area contributed by atoms with Crippen LogP contribution >= 0.6 is 0 Å². The maximum absolute atomic E-state index is 11.7.